The predicted octanol–water partition coefficient (Wildman–Crippen LogP) is 3.99. The molecule has 3 heteroatoms. The molecule has 0 saturated heterocycles. The molecule has 20 heavy (non-hydrogen) atoms. The lowest BCUT2D eigenvalue weighted by atomic mass is 10.2. The van der Waals surface area contributed by atoms with Gasteiger partial charge in [0.05, 0.1) is 11.7 Å². The minimum Gasteiger partial charge on any atom is -0.459 e. The Morgan fingerprint density at radius 1 is 1.15 bits per heavy atom. The van der Waals surface area contributed by atoms with E-state index >= 15 is 0 Å². The maximum absolute atomic E-state index is 5.86. The fourth-order valence-electron chi connectivity index (χ4n) is 2.27. The van der Waals surface area contributed by atoms with Crippen LogP contribution in [0.3, 0.4) is 0 Å². The smallest absolute Gasteiger partial charge is 0.134 e. The van der Waals surface area contributed by atoms with Gasteiger partial charge in [0.15, 0.2) is 0 Å². The van der Waals surface area contributed by atoms with Gasteiger partial charge in [0.2, 0.25) is 0 Å². The summed E-state index contributed by atoms with van der Waals surface area (Å²) in [5, 5.41) is 4.59. The molecule has 1 atom stereocenters. The van der Waals surface area contributed by atoms with Gasteiger partial charge in [-0.05, 0) is 38.1 Å². The van der Waals surface area contributed by atoms with Crippen LogP contribution in [0.1, 0.15) is 30.1 Å². The molecule has 1 N–H and O–H groups in total. The first-order valence-electron chi connectivity index (χ1n) is 6.87. The number of fused-ring (bicyclic) bond motifs is 1. The monoisotopic (exact) mass is 266 g/mol. The van der Waals surface area contributed by atoms with Crippen molar-refractivity contribution in [2.24, 2.45) is 0 Å². The summed E-state index contributed by atoms with van der Waals surface area (Å²) in [6.07, 6.45) is 0. The van der Waals surface area contributed by atoms with E-state index in [1.807, 2.05) is 43.3 Å². The van der Waals surface area contributed by atoms with E-state index in [2.05, 4.69) is 29.4 Å². The molecular formula is C17H18N2O. The summed E-state index contributed by atoms with van der Waals surface area (Å²) >= 11 is 0. The number of furan rings is 1. The van der Waals surface area contributed by atoms with Crippen LogP contribution in [0.2, 0.25) is 0 Å². The molecule has 0 aliphatic rings. The van der Waals surface area contributed by atoms with E-state index in [4.69, 9.17) is 4.42 Å². The van der Waals surface area contributed by atoms with Crippen molar-refractivity contribution in [3.63, 3.8) is 0 Å². The second-order valence-corrected chi connectivity index (χ2v) is 5.06. The van der Waals surface area contributed by atoms with E-state index in [0.717, 1.165) is 34.7 Å². The summed E-state index contributed by atoms with van der Waals surface area (Å²) in [5.74, 6) is 0.957. The van der Waals surface area contributed by atoms with Crippen molar-refractivity contribution >= 4 is 11.0 Å². The average Bonchev–Trinajstić information content (AvgIpc) is 2.89. The van der Waals surface area contributed by atoms with Crippen LogP contribution in [0.25, 0.3) is 11.0 Å². The minimum absolute atomic E-state index is 0.157. The van der Waals surface area contributed by atoms with E-state index in [1.165, 1.54) is 0 Å². The van der Waals surface area contributed by atoms with Gasteiger partial charge < -0.3 is 9.73 Å². The van der Waals surface area contributed by atoms with Crippen LogP contribution in [-0.2, 0) is 6.54 Å². The highest BCUT2D eigenvalue weighted by Gasteiger charge is 2.11. The van der Waals surface area contributed by atoms with E-state index in [-0.39, 0.29) is 6.04 Å². The molecule has 2 aromatic heterocycles. The number of hydrogen-bond acceptors (Lipinski definition) is 3. The molecule has 0 radical (unpaired) electrons. The second kappa shape index (κ2) is 5.47. The number of nitrogens with one attached hydrogen (secondary N) is 1. The lowest BCUT2D eigenvalue weighted by molar-refractivity contribution is 0.449. The highest BCUT2D eigenvalue weighted by Crippen LogP contribution is 2.23. The topological polar surface area (TPSA) is 38.1 Å². The Morgan fingerprint density at radius 3 is 2.80 bits per heavy atom. The zero-order chi connectivity index (χ0) is 13.9. The Morgan fingerprint density at radius 2 is 2.00 bits per heavy atom. The summed E-state index contributed by atoms with van der Waals surface area (Å²) in [6.45, 7) is 4.85. The molecule has 0 saturated carbocycles. The van der Waals surface area contributed by atoms with Crippen molar-refractivity contribution in [2.45, 2.75) is 26.4 Å². The van der Waals surface area contributed by atoms with E-state index in [1.54, 1.807) is 0 Å². The van der Waals surface area contributed by atoms with E-state index < -0.39 is 0 Å². The summed E-state index contributed by atoms with van der Waals surface area (Å²) in [5.41, 5.74) is 3.03. The molecule has 1 unspecified atom stereocenters. The Labute approximate surface area is 118 Å². The molecular weight excluding hydrogens is 248 g/mol. The molecule has 0 amide bonds. The first kappa shape index (κ1) is 12.9. The van der Waals surface area contributed by atoms with Crippen LogP contribution < -0.4 is 5.32 Å². The maximum atomic E-state index is 5.86. The third kappa shape index (κ3) is 2.73. The number of aryl methyl sites for hydroxylation is 1. The van der Waals surface area contributed by atoms with Crippen molar-refractivity contribution in [1.82, 2.24) is 10.3 Å². The zero-order valence-corrected chi connectivity index (χ0v) is 11.8. The third-order valence-electron chi connectivity index (χ3n) is 3.41. The number of pyridine rings is 1. The average molecular weight is 266 g/mol. The lowest BCUT2D eigenvalue weighted by Gasteiger charge is -2.10. The third-order valence-corrected chi connectivity index (χ3v) is 3.41. The minimum atomic E-state index is 0.157. The molecule has 3 rings (SSSR count). The summed E-state index contributed by atoms with van der Waals surface area (Å²) < 4.78 is 5.86. The predicted molar refractivity (Wildman–Crippen MR) is 80.4 cm³/mol. The van der Waals surface area contributed by atoms with Crippen molar-refractivity contribution in [1.29, 1.82) is 0 Å². The van der Waals surface area contributed by atoms with Gasteiger partial charge in [-0.25, -0.2) is 0 Å². The SMILES string of the molecule is Cc1cccc(CNC(C)c2cc3ccccc3o2)n1. The number of para-hydroxylation sites is 1. The molecule has 102 valence electrons. The maximum Gasteiger partial charge on any atom is 0.134 e. The highest BCUT2D eigenvalue weighted by atomic mass is 16.3. The molecule has 0 aliphatic carbocycles. The Balaban J connectivity index is 1.71. The van der Waals surface area contributed by atoms with Gasteiger partial charge in [0, 0.05) is 17.6 Å². The van der Waals surface area contributed by atoms with Gasteiger partial charge >= 0.3 is 0 Å². The quantitative estimate of drug-likeness (QED) is 0.776. The summed E-state index contributed by atoms with van der Waals surface area (Å²) in [4.78, 5) is 4.49. The van der Waals surface area contributed by atoms with Crippen molar-refractivity contribution < 1.29 is 4.42 Å². The molecule has 3 nitrogen and oxygen atoms in total. The number of aromatic nitrogens is 1. The first-order valence-corrected chi connectivity index (χ1v) is 6.87. The van der Waals surface area contributed by atoms with Crippen LogP contribution in [0.5, 0.6) is 0 Å². The Hall–Kier alpha value is -2.13. The Bertz CT molecular complexity index is 685. The molecule has 0 fully saturated rings. The number of benzene rings is 1. The van der Waals surface area contributed by atoms with Gasteiger partial charge in [-0.1, -0.05) is 24.3 Å². The fraction of sp³-hybridized carbons (Fsp3) is 0.235. The van der Waals surface area contributed by atoms with Crippen LogP contribution >= 0.6 is 0 Å². The summed E-state index contributed by atoms with van der Waals surface area (Å²) in [7, 11) is 0. The zero-order valence-electron chi connectivity index (χ0n) is 11.8. The molecule has 0 spiro atoms. The molecule has 0 aliphatic heterocycles. The van der Waals surface area contributed by atoms with Gasteiger partial charge in [-0.2, -0.15) is 0 Å². The second-order valence-electron chi connectivity index (χ2n) is 5.06. The molecule has 0 bridgehead atoms. The van der Waals surface area contributed by atoms with Gasteiger partial charge in [0.1, 0.15) is 11.3 Å². The van der Waals surface area contributed by atoms with Crippen molar-refractivity contribution in [3.05, 3.63) is 65.7 Å². The number of rotatable bonds is 4. The highest BCUT2D eigenvalue weighted by molar-refractivity contribution is 5.77. The van der Waals surface area contributed by atoms with Gasteiger partial charge in [0.25, 0.3) is 0 Å². The lowest BCUT2D eigenvalue weighted by Crippen LogP contribution is -2.18. The standard InChI is InChI=1S/C17H18N2O/c1-12-6-5-8-15(19-12)11-18-13(2)17-10-14-7-3-4-9-16(14)20-17/h3-10,13,18H,11H2,1-2H3. The van der Waals surface area contributed by atoms with Crippen LogP contribution in [0.15, 0.2) is 52.9 Å². The summed E-state index contributed by atoms with van der Waals surface area (Å²) in [6, 6.07) is 16.4. The largest absolute Gasteiger partial charge is 0.459 e. The van der Waals surface area contributed by atoms with Crippen molar-refractivity contribution in [2.75, 3.05) is 0 Å². The van der Waals surface area contributed by atoms with Crippen LogP contribution in [0, 0.1) is 6.92 Å². The number of nitrogens with zero attached hydrogens (tertiary/aromatic N) is 1. The van der Waals surface area contributed by atoms with E-state index in [9.17, 15) is 0 Å². The normalized spacial score (nSPS) is 12.7. The van der Waals surface area contributed by atoms with Gasteiger partial charge in [-0.3, -0.25) is 4.98 Å². The van der Waals surface area contributed by atoms with Crippen LogP contribution in [0.4, 0.5) is 0 Å². The van der Waals surface area contributed by atoms with E-state index in [0.29, 0.717) is 0 Å². The fourth-order valence-corrected chi connectivity index (χ4v) is 2.27. The molecule has 2 heterocycles. The molecule has 1 aromatic carbocycles. The van der Waals surface area contributed by atoms with Crippen LogP contribution in [-0.4, -0.2) is 4.98 Å². The van der Waals surface area contributed by atoms with Crippen molar-refractivity contribution in [3.8, 4) is 0 Å². The molecule has 3 aromatic rings. The Kier molecular flexibility index (Phi) is 3.52. The number of hydrogen-bond donors (Lipinski definition) is 1. The van der Waals surface area contributed by atoms with Gasteiger partial charge in [-0.15, -0.1) is 0 Å². The first-order chi connectivity index (χ1) is 9.72.